The van der Waals surface area contributed by atoms with Crippen LogP contribution in [0.2, 0.25) is 0 Å². The van der Waals surface area contributed by atoms with Crippen LogP contribution in [-0.4, -0.2) is 78.6 Å². The van der Waals surface area contributed by atoms with Crippen LogP contribution in [0.4, 0.5) is 0 Å². The third-order valence-electron chi connectivity index (χ3n) is 11.1. The average molecular weight is 723 g/mol. The maximum absolute atomic E-state index is 14.6. The molecular formula is C44H54N2O7. The fourth-order valence-electron chi connectivity index (χ4n) is 8.78. The van der Waals surface area contributed by atoms with Gasteiger partial charge in [-0.3, -0.25) is 4.79 Å². The van der Waals surface area contributed by atoms with Crippen LogP contribution in [0.5, 0.6) is 11.5 Å². The molecule has 282 valence electrons. The number of nitrogens with zero attached hydrogens (tertiary/aromatic N) is 2. The number of aliphatic hydroxyl groups excluding tert-OH is 2. The van der Waals surface area contributed by atoms with Crippen LogP contribution in [0, 0.1) is 17.8 Å². The lowest BCUT2D eigenvalue weighted by molar-refractivity contribution is -0.252. The molecule has 9 heteroatoms. The fraction of sp³-hybridized carbons (Fsp3) is 0.455. The maximum atomic E-state index is 14.6. The van der Waals surface area contributed by atoms with E-state index in [1.807, 2.05) is 68.6 Å². The molecule has 6 unspecified atom stereocenters. The van der Waals surface area contributed by atoms with Gasteiger partial charge in [0.25, 0.3) is 5.91 Å². The van der Waals surface area contributed by atoms with E-state index in [9.17, 15) is 15.0 Å². The summed E-state index contributed by atoms with van der Waals surface area (Å²) in [6.45, 7) is 11.0. The molecule has 1 amide bonds. The van der Waals surface area contributed by atoms with Crippen molar-refractivity contribution in [2.24, 2.45) is 22.9 Å². The Balaban J connectivity index is 1.56. The summed E-state index contributed by atoms with van der Waals surface area (Å²) in [6, 6.07) is 19.2. The molecule has 1 fully saturated rings. The summed E-state index contributed by atoms with van der Waals surface area (Å²) >= 11 is 0. The Kier molecular flexibility index (Phi) is 12.7. The molecular weight excluding hydrogens is 668 g/mol. The number of aliphatic hydroxyl groups is 2. The third-order valence-corrected chi connectivity index (χ3v) is 11.1. The van der Waals surface area contributed by atoms with Gasteiger partial charge in [0.2, 0.25) is 5.79 Å². The van der Waals surface area contributed by atoms with Crippen LogP contribution in [0.15, 0.2) is 103 Å². The summed E-state index contributed by atoms with van der Waals surface area (Å²) in [6.07, 6.45) is 11.0. The van der Waals surface area contributed by atoms with E-state index in [4.69, 9.17) is 24.2 Å². The average Bonchev–Trinajstić information content (AvgIpc) is 3.19. The Labute approximate surface area is 313 Å². The molecule has 6 rings (SSSR count). The zero-order chi connectivity index (χ0) is 37.4. The normalized spacial score (nSPS) is 25.1. The van der Waals surface area contributed by atoms with Gasteiger partial charge in [-0.1, -0.05) is 73.1 Å². The predicted octanol–water partition coefficient (Wildman–Crippen LogP) is 7.83. The largest absolute Gasteiger partial charge is 0.490 e. The second-order valence-electron chi connectivity index (χ2n) is 14.3. The van der Waals surface area contributed by atoms with Crippen LogP contribution in [0.3, 0.4) is 0 Å². The molecule has 1 saturated carbocycles. The first-order valence-electron chi connectivity index (χ1n) is 19.1. The van der Waals surface area contributed by atoms with Gasteiger partial charge in [0.15, 0.2) is 0 Å². The minimum absolute atomic E-state index is 0.118. The minimum atomic E-state index is -1.31. The van der Waals surface area contributed by atoms with Crippen molar-refractivity contribution >= 4 is 22.4 Å². The van der Waals surface area contributed by atoms with E-state index in [0.717, 1.165) is 53.3 Å². The van der Waals surface area contributed by atoms with Gasteiger partial charge in [-0.25, -0.2) is 0 Å². The lowest BCUT2D eigenvalue weighted by Crippen LogP contribution is -2.69. The topological polar surface area (TPSA) is 110 Å². The Morgan fingerprint density at radius 3 is 2.47 bits per heavy atom. The molecule has 0 radical (unpaired) electrons. The first-order valence-corrected chi connectivity index (χ1v) is 19.1. The van der Waals surface area contributed by atoms with Gasteiger partial charge in [-0.05, 0) is 91.1 Å². The Morgan fingerprint density at radius 2 is 1.74 bits per heavy atom. The molecule has 3 aromatic carbocycles. The van der Waals surface area contributed by atoms with E-state index in [-0.39, 0.29) is 49.4 Å². The number of ether oxygens (including phenoxy) is 3. The summed E-state index contributed by atoms with van der Waals surface area (Å²) in [5, 5.41) is 26.4. The Hall–Kier alpha value is -4.44. The lowest BCUT2D eigenvalue weighted by Gasteiger charge is -2.59. The number of amides is 1. The van der Waals surface area contributed by atoms with Crippen molar-refractivity contribution in [3.8, 4) is 11.5 Å². The van der Waals surface area contributed by atoms with Crippen LogP contribution < -0.4 is 9.47 Å². The third kappa shape index (κ3) is 7.79. The summed E-state index contributed by atoms with van der Waals surface area (Å²) in [5.41, 5.74) is 3.36. The lowest BCUT2D eigenvalue weighted by atomic mass is 9.55. The van der Waals surface area contributed by atoms with Crippen LogP contribution in [-0.2, 0) is 9.57 Å². The van der Waals surface area contributed by atoms with Crippen molar-refractivity contribution in [2.45, 2.75) is 69.6 Å². The second kappa shape index (κ2) is 17.6. The number of likely N-dealkylation sites (N-methyl/N-ethyl adjacent to an activating group) is 1. The molecule has 2 N–H and O–H groups in total. The summed E-state index contributed by atoms with van der Waals surface area (Å²) in [4.78, 5) is 22.2. The van der Waals surface area contributed by atoms with Gasteiger partial charge >= 0.3 is 0 Å². The molecule has 9 nitrogen and oxygen atoms in total. The van der Waals surface area contributed by atoms with Gasteiger partial charge in [0, 0.05) is 43.7 Å². The van der Waals surface area contributed by atoms with Crippen molar-refractivity contribution in [2.75, 3.05) is 40.1 Å². The minimum Gasteiger partial charge on any atom is -0.490 e. The van der Waals surface area contributed by atoms with Gasteiger partial charge in [0.05, 0.1) is 18.2 Å². The van der Waals surface area contributed by atoms with Gasteiger partial charge < -0.3 is 34.2 Å². The molecule has 1 heterocycles. The number of fused-ring (bicyclic) bond motifs is 3. The van der Waals surface area contributed by atoms with E-state index < -0.39 is 11.8 Å². The van der Waals surface area contributed by atoms with E-state index in [2.05, 4.69) is 25.3 Å². The van der Waals surface area contributed by atoms with E-state index in [0.29, 0.717) is 49.5 Å². The quantitative estimate of drug-likeness (QED) is 0.0783. The first kappa shape index (κ1) is 38.3. The zero-order valence-corrected chi connectivity index (χ0v) is 31.1. The predicted molar refractivity (Wildman–Crippen MR) is 208 cm³/mol. The number of allylic oxidation sites excluding steroid dienone is 1. The summed E-state index contributed by atoms with van der Waals surface area (Å²) < 4.78 is 20.3. The standard InChI is InChI=1S/C44H54N2O7/c1-5-24-50-34-20-21-39-37(28-34)41-35(17-11-13-23-48)32(16-10-12-22-47)27-36-38(45-52-7-3)29-40(44(53-39,42(36)41)51-25-6-2)46(4)43(49)33-19-18-30-14-8-9-15-31(30)26-33/h5-6,8-9,14-15,18-21,26-28,32,35,40-42,47-48H,1-2,7,10-13,16-17,22-25,29H2,3-4H3. The molecule has 3 aliphatic rings. The number of rotatable bonds is 18. The second-order valence-corrected chi connectivity index (χ2v) is 14.3. The molecule has 0 bridgehead atoms. The number of carbonyl (C=O) groups excluding carboxylic acids is 1. The van der Waals surface area contributed by atoms with Gasteiger partial charge in [0.1, 0.15) is 30.8 Å². The van der Waals surface area contributed by atoms with E-state index >= 15 is 0 Å². The highest BCUT2D eigenvalue weighted by atomic mass is 16.7. The Morgan fingerprint density at radius 1 is 0.981 bits per heavy atom. The van der Waals surface area contributed by atoms with Crippen LogP contribution >= 0.6 is 0 Å². The van der Waals surface area contributed by atoms with E-state index in [1.54, 1.807) is 17.1 Å². The zero-order valence-electron chi connectivity index (χ0n) is 31.1. The number of carbonyl (C=O) groups is 1. The van der Waals surface area contributed by atoms with Gasteiger partial charge in [-0.2, -0.15) is 0 Å². The van der Waals surface area contributed by atoms with Crippen LogP contribution in [0.1, 0.15) is 73.7 Å². The number of hydrogen-bond donors (Lipinski definition) is 2. The van der Waals surface area contributed by atoms with Crippen molar-refractivity contribution in [1.82, 2.24) is 4.90 Å². The molecule has 3 aromatic rings. The van der Waals surface area contributed by atoms with Gasteiger partial charge in [-0.15, -0.1) is 6.58 Å². The number of unbranched alkanes of at least 4 members (excludes halogenated alkanes) is 2. The highest BCUT2D eigenvalue weighted by Crippen LogP contribution is 2.61. The molecule has 1 aliphatic heterocycles. The fourth-order valence-corrected chi connectivity index (χ4v) is 8.78. The van der Waals surface area contributed by atoms with Crippen molar-refractivity contribution < 1.29 is 34.1 Å². The van der Waals surface area contributed by atoms with E-state index in [1.165, 1.54) is 0 Å². The SMILES string of the molecule is C=CCOc1ccc2c(c1)C1C(CCCCO)C(CCCCO)C=C3C(=NOCC)CC(N(C)C(=O)c4ccc5ccccc5c4)C(OCC=C)(O2)C31. The molecule has 0 spiro atoms. The Bertz CT molecular complexity index is 1820. The molecule has 0 aromatic heterocycles. The molecule has 6 atom stereocenters. The highest BCUT2D eigenvalue weighted by Gasteiger charge is 2.65. The maximum Gasteiger partial charge on any atom is 0.254 e. The molecule has 0 saturated heterocycles. The smallest absolute Gasteiger partial charge is 0.254 e. The van der Waals surface area contributed by atoms with Crippen LogP contribution in [0.25, 0.3) is 10.8 Å². The number of oxime groups is 1. The molecule has 2 aliphatic carbocycles. The number of benzene rings is 3. The van der Waals surface area contributed by atoms with Crippen molar-refractivity contribution in [3.05, 3.63) is 109 Å². The summed E-state index contributed by atoms with van der Waals surface area (Å²) in [7, 11) is 1.83. The number of hydrogen-bond acceptors (Lipinski definition) is 8. The van der Waals surface area contributed by atoms with Crippen molar-refractivity contribution in [1.29, 1.82) is 0 Å². The molecule has 53 heavy (non-hydrogen) atoms. The first-order chi connectivity index (χ1) is 25.9. The summed E-state index contributed by atoms with van der Waals surface area (Å²) in [5.74, 6) is -0.265. The highest BCUT2D eigenvalue weighted by molar-refractivity contribution is 6.04. The van der Waals surface area contributed by atoms with Crippen molar-refractivity contribution in [3.63, 3.8) is 0 Å². The monoisotopic (exact) mass is 722 g/mol.